The summed E-state index contributed by atoms with van der Waals surface area (Å²) in [5.74, 6) is -0.106. The number of carbonyl (C=O) groups excluding carboxylic acids is 2. The molecule has 122 valence electrons. The second-order valence-electron chi connectivity index (χ2n) is 5.83. The molecule has 7 heteroatoms. The van der Waals surface area contributed by atoms with Gasteiger partial charge in [0.25, 0.3) is 0 Å². The first-order valence-corrected chi connectivity index (χ1v) is 8.76. The Hall–Kier alpha value is -1.50. The number of amides is 2. The minimum absolute atomic E-state index is 0.0707. The molecular formula is C15H24N4O2S. The van der Waals surface area contributed by atoms with E-state index < -0.39 is 0 Å². The number of anilines is 1. The maximum absolute atomic E-state index is 12.3. The van der Waals surface area contributed by atoms with Crippen LogP contribution in [0.15, 0.2) is 0 Å². The first-order valence-electron chi connectivity index (χ1n) is 7.94. The van der Waals surface area contributed by atoms with Gasteiger partial charge in [-0.3, -0.25) is 9.59 Å². The zero-order valence-electron chi connectivity index (χ0n) is 13.5. The van der Waals surface area contributed by atoms with Crippen LogP contribution in [0.1, 0.15) is 57.9 Å². The van der Waals surface area contributed by atoms with Gasteiger partial charge in [-0.15, -0.1) is 10.2 Å². The number of nitrogens with one attached hydrogen (secondary N) is 1. The number of rotatable bonds is 5. The van der Waals surface area contributed by atoms with Crippen molar-refractivity contribution in [3.8, 4) is 0 Å². The van der Waals surface area contributed by atoms with Gasteiger partial charge in [0.15, 0.2) is 0 Å². The molecule has 22 heavy (non-hydrogen) atoms. The summed E-state index contributed by atoms with van der Waals surface area (Å²) in [6.45, 7) is 6.16. The molecule has 2 rings (SSSR count). The predicted octanol–water partition coefficient (Wildman–Crippen LogP) is 2.61. The molecule has 0 bridgehead atoms. The molecule has 1 aromatic heterocycles. The molecule has 0 radical (unpaired) electrons. The van der Waals surface area contributed by atoms with Crippen LogP contribution in [0.25, 0.3) is 0 Å². The molecule has 1 fully saturated rings. The lowest BCUT2D eigenvalue weighted by molar-refractivity contribution is -0.138. The Kier molecular flexibility index (Phi) is 5.88. The van der Waals surface area contributed by atoms with Crippen molar-refractivity contribution in [1.29, 1.82) is 0 Å². The van der Waals surface area contributed by atoms with Gasteiger partial charge >= 0.3 is 0 Å². The average molecular weight is 324 g/mol. The number of hydrogen-bond acceptors (Lipinski definition) is 5. The SMILES string of the molecule is CCc1nnc(NC(=O)CCC(=O)N2[C@H](C)CCC[C@H]2C)s1. The number of likely N-dealkylation sites (tertiary alicyclic amines) is 1. The lowest BCUT2D eigenvalue weighted by atomic mass is 9.97. The Bertz CT molecular complexity index is 521. The van der Waals surface area contributed by atoms with E-state index in [9.17, 15) is 9.59 Å². The van der Waals surface area contributed by atoms with Gasteiger partial charge in [0, 0.05) is 24.9 Å². The number of nitrogens with zero attached hydrogens (tertiary/aromatic N) is 3. The molecule has 1 saturated heterocycles. The van der Waals surface area contributed by atoms with Crippen molar-refractivity contribution in [2.24, 2.45) is 0 Å². The van der Waals surface area contributed by atoms with Crippen LogP contribution in [-0.4, -0.2) is 39.0 Å². The van der Waals surface area contributed by atoms with E-state index in [1.54, 1.807) is 0 Å². The van der Waals surface area contributed by atoms with Gasteiger partial charge in [-0.2, -0.15) is 0 Å². The summed E-state index contributed by atoms with van der Waals surface area (Å²) >= 11 is 1.37. The van der Waals surface area contributed by atoms with Gasteiger partial charge in [0.2, 0.25) is 16.9 Å². The van der Waals surface area contributed by atoms with E-state index in [0.29, 0.717) is 5.13 Å². The van der Waals surface area contributed by atoms with Gasteiger partial charge in [-0.1, -0.05) is 18.3 Å². The fourth-order valence-electron chi connectivity index (χ4n) is 2.89. The third-order valence-electron chi connectivity index (χ3n) is 4.06. The molecule has 1 aromatic rings. The van der Waals surface area contributed by atoms with Crippen molar-refractivity contribution < 1.29 is 9.59 Å². The minimum Gasteiger partial charge on any atom is -0.337 e. The molecule has 2 atom stereocenters. The second kappa shape index (κ2) is 7.67. The van der Waals surface area contributed by atoms with Crippen molar-refractivity contribution in [1.82, 2.24) is 15.1 Å². The summed E-state index contributed by atoms with van der Waals surface area (Å²) in [5, 5.41) is 12.0. The van der Waals surface area contributed by atoms with E-state index in [1.165, 1.54) is 17.8 Å². The van der Waals surface area contributed by atoms with Crippen LogP contribution in [-0.2, 0) is 16.0 Å². The summed E-state index contributed by atoms with van der Waals surface area (Å²) < 4.78 is 0. The number of carbonyl (C=O) groups is 2. The molecule has 1 aliphatic heterocycles. The Morgan fingerprint density at radius 2 is 1.91 bits per heavy atom. The quantitative estimate of drug-likeness (QED) is 0.903. The van der Waals surface area contributed by atoms with Crippen molar-refractivity contribution in [2.75, 3.05) is 5.32 Å². The van der Waals surface area contributed by atoms with Crippen LogP contribution >= 0.6 is 11.3 Å². The highest BCUT2D eigenvalue weighted by atomic mass is 32.1. The Morgan fingerprint density at radius 3 is 2.50 bits per heavy atom. The van der Waals surface area contributed by atoms with Crippen molar-refractivity contribution >= 4 is 28.3 Å². The number of aryl methyl sites for hydroxylation is 1. The molecule has 0 saturated carbocycles. The predicted molar refractivity (Wildman–Crippen MR) is 86.8 cm³/mol. The van der Waals surface area contributed by atoms with Crippen molar-refractivity contribution in [2.45, 2.75) is 71.4 Å². The van der Waals surface area contributed by atoms with Crippen molar-refractivity contribution in [3.05, 3.63) is 5.01 Å². The normalized spacial score (nSPS) is 21.7. The standard InChI is InChI=1S/C15H24N4O2S/c1-4-13-17-18-15(22-13)16-12(20)8-9-14(21)19-10(2)6-5-7-11(19)3/h10-11H,4-9H2,1-3H3,(H,16,18,20)/t10-,11-/m1/s1. The zero-order chi connectivity index (χ0) is 16.1. The van der Waals surface area contributed by atoms with E-state index in [4.69, 9.17) is 0 Å². The highest BCUT2D eigenvalue weighted by molar-refractivity contribution is 7.15. The molecule has 0 unspecified atom stereocenters. The van der Waals surface area contributed by atoms with Crippen molar-refractivity contribution in [3.63, 3.8) is 0 Å². The average Bonchev–Trinajstić information content (AvgIpc) is 2.92. The largest absolute Gasteiger partial charge is 0.337 e. The van der Waals surface area contributed by atoms with E-state index in [2.05, 4.69) is 29.4 Å². The molecule has 0 spiro atoms. The third kappa shape index (κ3) is 4.25. The lowest BCUT2D eigenvalue weighted by Gasteiger charge is -2.39. The number of aromatic nitrogens is 2. The van der Waals surface area contributed by atoms with Gasteiger partial charge in [-0.05, 0) is 39.5 Å². The molecule has 1 N–H and O–H groups in total. The summed E-state index contributed by atoms with van der Waals surface area (Å²) in [7, 11) is 0. The van der Waals surface area contributed by atoms with Crippen LogP contribution in [0.2, 0.25) is 0 Å². The van der Waals surface area contributed by atoms with Gasteiger partial charge < -0.3 is 10.2 Å². The summed E-state index contributed by atoms with van der Waals surface area (Å²) in [6.07, 6.45) is 4.51. The first-order chi connectivity index (χ1) is 10.5. The van der Waals surface area contributed by atoms with Crippen LogP contribution in [0.4, 0.5) is 5.13 Å². The Morgan fingerprint density at radius 1 is 1.23 bits per heavy atom. The van der Waals surface area contributed by atoms with Crippen LogP contribution in [0.3, 0.4) is 0 Å². The molecule has 1 aliphatic rings. The lowest BCUT2D eigenvalue weighted by Crippen LogP contribution is -2.47. The van der Waals surface area contributed by atoms with Crippen LogP contribution in [0.5, 0.6) is 0 Å². The van der Waals surface area contributed by atoms with Gasteiger partial charge in [0.1, 0.15) is 5.01 Å². The fraction of sp³-hybridized carbons (Fsp3) is 0.733. The zero-order valence-corrected chi connectivity index (χ0v) is 14.3. The van der Waals surface area contributed by atoms with E-state index in [0.717, 1.165) is 24.3 Å². The Balaban J connectivity index is 1.81. The van der Waals surface area contributed by atoms with E-state index in [1.807, 2.05) is 11.8 Å². The Labute approximate surface area is 135 Å². The van der Waals surface area contributed by atoms with Gasteiger partial charge in [0.05, 0.1) is 0 Å². The van der Waals surface area contributed by atoms with Gasteiger partial charge in [-0.25, -0.2) is 0 Å². The van der Waals surface area contributed by atoms with Crippen LogP contribution in [0, 0.1) is 0 Å². The molecule has 6 nitrogen and oxygen atoms in total. The molecule has 0 aromatic carbocycles. The molecule has 0 aliphatic carbocycles. The first kappa shape index (κ1) is 16.9. The molecule has 2 heterocycles. The number of hydrogen-bond donors (Lipinski definition) is 1. The number of piperidine rings is 1. The second-order valence-corrected chi connectivity index (χ2v) is 6.89. The molecule has 2 amide bonds. The summed E-state index contributed by atoms with van der Waals surface area (Å²) in [5.41, 5.74) is 0. The maximum Gasteiger partial charge on any atom is 0.226 e. The molecular weight excluding hydrogens is 300 g/mol. The monoisotopic (exact) mass is 324 g/mol. The van der Waals surface area contributed by atoms with E-state index >= 15 is 0 Å². The highest BCUT2D eigenvalue weighted by Crippen LogP contribution is 2.23. The minimum atomic E-state index is -0.176. The van der Waals surface area contributed by atoms with Crippen LogP contribution < -0.4 is 5.32 Å². The topological polar surface area (TPSA) is 75.2 Å². The van der Waals surface area contributed by atoms with E-state index in [-0.39, 0.29) is 36.7 Å². The highest BCUT2D eigenvalue weighted by Gasteiger charge is 2.28. The third-order valence-corrected chi connectivity index (χ3v) is 5.05. The maximum atomic E-state index is 12.3. The smallest absolute Gasteiger partial charge is 0.226 e. The summed E-state index contributed by atoms with van der Waals surface area (Å²) in [4.78, 5) is 26.2. The summed E-state index contributed by atoms with van der Waals surface area (Å²) in [6, 6.07) is 0.546. The fourth-order valence-corrected chi connectivity index (χ4v) is 3.59.